The summed E-state index contributed by atoms with van der Waals surface area (Å²) in [7, 11) is 0. The van der Waals surface area contributed by atoms with Crippen LogP contribution in [-0.2, 0) is 6.42 Å². The Morgan fingerprint density at radius 2 is 1.88 bits per heavy atom. The molecule has 3 atom stereocenters. The standard InChI is InChI=1S/C15H20OS/c16-15(12-4-1-2-5-13(12)15)11-6-3-7-14-10(11)8-9-17-14/h8-9,11-13,16H,1-7H2. The number of aliphatic hydroxyl groups is 1. The maximum Gasteiger partial charge on any atom is 0.0779 e. The van der Waals surface area contributed by atoms with Crippen LogP contribution in [0.5, 0.6) is 0 Å². The van der Waals surface area contributed by atoms with E-state index >= 15 is 0 Å². The molecule has 0 amide bonds. The maximum atomic E-state index is 11.1. The van der Waals surface area contributed by atoms with Crippen molar-refractivity contribution in [3.8, 4) is 0 Å². The molecule has 0 saturated heterocycles. The van der Waals surface area contributed by atoms with Gasteiger partial charge in [0.25, 0.3) is 0 Å². The van der Waals surface area contributed by atoms with Crippen molar-refractivity contribution in [3.63, 3.8) is 0 Å². The minimum absolute atomic E-state index is 0.313. The zero-order chi connectivity index (χ0) is 11.5. The first-order chi connectivity index (χ1) is 8.32. The van der Waals surface area contributed by atoms with Gasteiger partial charge < -0.3 is 5.11 Å². The van der Waals surface area contributed by atoms with Crippen molar-refractivity contribution in [2.75, 3.05) is 0 Å². The highest BCUT2D eigenvalue weighted by Crippen LogP contribution is 2.66. The van der Waals surface area contributed by atoms with Gasteiger partial charge in [0.1, 0.15) is 0 Å². The molecule has 1 aromatic heterocycles. The van der Waals surface area contributed by atoms with Crippen LogP contribution in [-0.4, -0.2) is 10.7 Å². The second-order valence-electron chi connectivity index (χ2n) is 6.13. The van der Waals surface area contributed by atoms with E-state index in [4.69, 9.17) is 0 Å². The van der Waals surface area contributed by atoms with Gasteiger partial charge in [-0.05, 0) is 60.9 Å². The van der Waals surface area contributed by atoms with Gasteiger partial charge in [-0.15, -0.1) is 11.3 Å². The van der Waals surface area contributed by atoms with Crippen molar-refractivity contribution in [1.29, 1.82) is 0 Å². The van der Waals surface area contributed by atoms with E-state index < -0.39 is 0 Å². The van der Waals surface area contributed by atoms with Crippen LogP contribution in [0.1, 0.15) is 54.9 Å². The maximum absolute atomic E-state index is 11.1. The topological polar surface area (TPSA) is 20.2 Å². The monoisotopic (exact) mass is 248 g/mol. The fourth-order valence-corrected chi connectivity index (χ4v) is 5.61. The Hall–Kier alpha value is -0.340. The fraction of sp³-hybridized carbons (Fsp3) is 0.733. The first-order valence-corrected chi connectivity index (χ1v) is 7.98. The molecule has 2 fully saturated rings. The summed E-state index contributed by atoms with van der Waals surface area (Å²) in [4.78, 5) is 1.55. The lowest BCUT2D eigenvalue weighted by Gasteiger charge is -2.29. The van der Waals surface area contributed by atoms with Gasteiger partial charge in [-0.1, -0.05) is 12.8 Å². The number of aryl methyl sites for hydroxylation is 1. The molecule has 92 valence electrons. The molecular weight excluding hydrogens is 228 g/mol. The van der Waals surface area contributed by atoms with Crippen LogP contribution in [0.4, 0.5) is 0 Å². The second kappa shape index (κ2) is 3.58. The van der Waals surface area contributed by atoms with Crippen LogP contribution in [0.2, 0.25) is 0 Å². The van der Waals surface area contributed by atoms with E-state index in [9.17, 15) is 5.11 Å². The van der Waals surface area contributed by atoms with E-state index in [0.717, 1.165) is 0 Å². The number of fused-ring (bicyclic) bond motifs is 2. The van der Waals surface area contributed by atoms with Crippen LogP contribution < -0.4 is 0 Å². The van der Waals surface area contributed by atoms with Gasteiger partial charge in [-0.3, -0.25) is 0 Å². The Balaban J connectivity index is 1.69. The SMILES string of the molecule is OC1(C2CCCc3sccc32)C2CCCCC21. The van der Waals surface area contributed by atoms with Crippen LogP contribution in [0.3, 0.4) is 0 Å². The van der Waals surface area contributed by atoms with E-state index in [2.05, 4.69) is 11.4 Å². The number of thiophene rings is 1. The molecule has 1 heterocycles. The third-order valence-electron chi connectivity index (χ3n) is 5.45. The fourth-order valence-electron chi connectivity index (χ4n) is 4.62. The van der Waals surface area contributed by atoms with E-state index in [-0.39, 0.29) is 5.60 Å². The van der Waals surface area contributed by atoms with E-state index in [1.54, 1.807) is 4.88 Å². The third-order valence-corrected chi connectivity index (χ3v) is 6.45. The van der Waals surface area contributed by atoms with Gasteiger partial charge in [0.2, 0.25) is 0 Å². The van der Waals surface area contributed by atoms with Crippen LogP contribution >= 0.6 is 11.3 Å². The summed E-state index contributed by atoms with van der Waals surface area (Å²) in [6.07, 6.45) is 8.97. The molecule has 1 nitrogen and oxygen atoms in total. The van der Waals surface area contributed by atoms with E-state index in [0.29, 0.717) is 17.8 Å². The van der Waals surface area contributed by atoms with Gasteiger partial charge in [0.15, 0.2) is 0 Å². The summed E-state index contributed by atoms with van der Waals surface area (Å²) in [6, 6.07) is 2.28. The van der Waals surface area contributed by atoms with Crippen LogP contribution in [0, 0.1) is 11.8 Å². The van der Waals surface area contributed by atoms with Gasteiger partial charge in [0, 0.05) is 10.8 Å². The third kappa shape index (κ3) is 1.34. The minimum atomic E-state index is -0.313. The molecular formula is C15H20OS. The summed E-state index contributed by atoms with van der Waals surface area (Å²) >= 11 is 1.90. The lowest BCUT2D eigenvalue weighted by atomic mass is 9.80. The summed E-state index contributed by atoms with van der Waals surface area (Å²) < 4.78 is 0. The van der Waals surface area contributed by atoms with E-state index in [1.165, 1.54) is 50.5 Å². The average molecular weight is 248 g/mol. The predicted molar refractivity (Wildman–Crippen MR) is 70.4 cm³/mol. The number of hydrogen-bond acceptors (Lipinski definition) is 2. The van der Waals surface area contributed by atoms with Crippen LogP contribution in [0.15, 0.2) is 11.4 Å². The first kappa shape index (κ1) is 10.6. The van der Waals surface area contributed by atoms with Gasteiger partial charge in [-0.25, -0.2) is 0 Å². The van der Waals surface area contributed by atoms with Crippen molar-refractivity contribution < 1.29 is 5.11 Å². The summed E-state index contributed by atoms with van der Waals surface area (Å²) in [5, 5.41) is 13.3. The molecule has 0 radical (unpaired) electrons. The molecule has 1 aromatic rings. The highest BCUT2D eigenvalue weighted by Gasteiger charge is 2.67. The molecule has 0 aromatic carbocycles. The van der Waals surface area contributed by atoms with Crippen molar-refractivity contribution >= 4 is 11.3 Å². The molecule has 3 aliphatic rings. The second-order valence-corrected chi connectivity index (χ2v) is 7.13. The van der Waals surface area contributed by atoms with E-state index in [1.807, 2.05) is 11.3 Å². The molecule has 17 heavy (non-hydrogen) atoms. The smallest absolute Gasteiger partial charge is 0.0779 e. The Morgan fingerprint density at radius 3 is 2.65 bits per heavy atom. The highest BCUT2D eigenvalue weighted by molar-refractivity contribution is 7.10. The molecule has 2 heteroatoms. The van der Waals surface area contributed by atoms with Crippen molar-refractivity contribution in [1.82, 2.24) is 0 Å². The normalized spacial score (nSPS) is 43.9. The zero-order valence-electron chi connectivity index (χ0n) is 10.2. The number of rotatable bonds is 1. The lowest BCUT2D eigenvalue weighted by molar-refractivity contribution is 0.0800. The molecule has 0 aliphatic heterocycles. The van der Waals surface area contributed by atoms with Gasteiger partial charge in [-0.2, -0.15) is 0 Å². The molecule has 0 bridgehead atoms. The zero-order valence-corrected chi connectivity index (χ0v) is 11.0. The highest BCUT2D eigenvalue weighted by atomic mass is 32.1. The molecule has 3 aliphatic carbocycles. The number of hydrogen-bond donors (Lipinski definition) is 1. The Morgan fingerprint density at radius 1 is 1.12 bits per heavy atom. The Kier molecular flexibility index (Phi) is 2.23. The summed E-state index contributed by atoms with van der Waals surface area (Å²) in [6.45, 7) is 0. The first-order valence-electron chi connectivity index (χ1n) is 7.10. The van der Waals surface area contributed by atoms with Crippen molar-refractivity contribution in [3.05, 3.63) is 21.9 Å². The lowest BCUT2D eigenvalue weighted by Crippen LogP contribution is -2.27. The largest absolute Gasteiger partial charge is 0.389 e. The molecule has 2 saturated carbocycles. The average Bonchev–Trinajstić information content (AvgIpc) is 2.77. The molecule has 1 N–H and O–H groups in total. The molecule has 0 spiro atoms. The predicted octanol–water partition coefficient (Wildman–Crippen LogP) is 3.72. The van der Waals surface area contributed by atoms with Crippen molar-refractivity contribution in [2.24, 2.45) is 11.8 Å². The van der Waals surface area contributed by atoms with Gasteiger partial charge in [0.05, 0.1) is 5.60 Å². The summed E-state index contributed by atoms with van der Waals surface area (Å²) in [5.74, 6) is 1.73. The molecule has 4 rings (SSSR count). The Bertz CT molecular complexity index is 424. The quantitative estimate of drug-likeness (QED) is 0.803. The van der Waals surface area contributed by atoms with Crippen molar-refractivity contribution in [2.45, 2.75) is 56.5 Å². The van der Waals surface area contributed by atoms with Crippen LogP contribution in [0.25, 0.3) is 0 Å². The minimum Gasteiger partial charge on any atom is -0.389 e. The molecule has 3 unspecified atom stereocenters. The van der Waals surface area contributed by atoms with Gasteiger partial charge >= 0.3 is 0 Å². The summed E-state index contributed by atoms with van der Waals surface area (Å²) in [5.41, 5.74) is 1.19. The Labute approximate surface area is 107 Å².